The fourth-order valence-corrected chi connectivity index (χ4v) is 1.99. The summed E-state index contributed by atoms with van der Waals surface area (Å²) in [6, 6.07) is 3.04. The first-order valence-electron chi connectivity index (χ1n) is 5.46. The number of hydrogen-bond acceptors (Lipinski definition) is 5. The average Bonchev–Trinajstić information content (AvgIpc) is 2.68. The highest BCUT2D eigenvalue weighted by molar-refractivity contribution is 6.32. The van der Waals surface area contributed by atoms with E-state index in [1.165, 1.54) is 16.8 Å². The number of hydrogen-bond donors (Lipinski definition) is 0. The van der Waals surface area contributed by atoms with Gasteiger partial charge in [0.15, 0.2) is 11.0 Å². The maximum Gasteiger partial charge on any atom is 0.329 e. The Labute approximate surface area is 118 Å². The lowest BCUT2D eigenvalue weighted by molar-refractivity contribution is -0.385. The van der Waals surface area contributed by atoms with E-state index in [1.807, 2.05) is 6.92 Å². The van der Waals surface area contributed by atoms with Gasteiger partial charge in [-0.05, 0) is 18.6 Å². The molecule has 0 radical (unpaired) electrons. The predicted octanol–water partition coefficient (Wildman–Crippen LogP) is 2.83. The van der Waals surface area contributed by atoms with Crippen molar-refractivity contribution in [2.24, 2.45) is 0 Å². The third-order valence-corrected chi connectivity index (χ3v) is 2.92. The highest BCUT2D eigenvalue weighted by atomic mass is 35.5. The summed E-state index contributed by atoms with van der Waals surface area (Å²) in [5.41, 5.74) is 0.134. The smallest absolute Gasteiger partial charge is 0.258 e. The first-order chi connectivity index (χ1) is 9.04. The standard InChI is InChI=1S/C10H9Cl2N5O2/c1-2-3-6-9(17(18)19)10(12)16(15-6)8-5-4-7(11)13-14-8/h4-5H,2-3H2,1H3. The molecule has 2 aromatic rings. The molecule has 2 heterocycles. The van der Waals surface area contributed by atoms with E-state index < -0.39 is 4.92 Å². The molecule has 0 unspecified atom stereocenters. The molecular weight excluding hydrogens is 293 g/mol. The zero-order valence-corrected chi connectivity index (χ0v) is 11.4. The van der Waals surface area contributed by atoms with Gasteiger partial charge in [-0.15, -0.1) is 10.2 Å². The zero-order chi connectivity index (χ0) is 14.0. The minimum absolute atomic E-state index is 0.0925. The number of rotatable bonds is 4. The quantitative estimate of drug-likeness (QED) is 0.640. The van der Waals surface area contributed by atoms with E-state index in [2.05, 4.69) is 15.3 Å². The Morgan fingerprint density at radius 3 is 2.63 bits per heavy atom. The molecule has 19 heavy (non-hydrogen) atoms. The third kappa shape index (κ3) is 2.66. The summed E-state index contributed by atoms with van der Waals surface area (Å²) in [6.07, 6.45) is 1.19. The zero-order valence-electron chi connectivity index (χ0n) is 9.88. The molecule has 0 saturated carbocycles. The maximum atomic E-state index is 11.0. The second-order valence-electron chi connectivity index (χ2n) is 3.72. The van der Waals surface area contributed by atoms with Crippen LogP contribution >= 0.6 is 23.2 Å². The summed E-state index contributed by atoms with van der Waals surface area (Å²) in [5, 5.41) is 22.7. The minimum Gasteiger partial charge on any atom is -0.258 e. The van der Waals surface area contributed by atoms with Crippen molar-refractivity contribution in [3.8, 4) is 5.82 Å². The lowest BCUT2D eigenvalue weighted by Gasteiger charge is -1.99. The molecule has 2 rings (SSSR count). The van der Waals surface area contributed by atoms with Crippen LogP contribution < -0.4 is 0 Å². The topological polar surface area (TPSA) is 86.7 Å². The van der Waals surface area contributed by atoms with Crippen molar-refractivity contribution in [2.45, 2.75) is 19.8 Å². The van der Waals surface area contributed by atoms with Gasteiger partial charge in [0, 0.05) is 0 Å². The Bertz CT molecular complexity index is 611. The Balaban J connectivity index is 2.55. The second kappa shape index (κ2) is 5.50. The van der Waals surface area contributed by atoms with Gasteiger partial charge < -0.3 is 0 Å². The molecule has 0 fully saturated rings. The van der Waals surface area contributed by atoms with Gasteiger partial charge in [0.25, 0.3) is 0 Å². The van der Waals surface area contributed by atoms with Crippen molar-refractivity contribution in [3.05, 3.63) is 38.2 Å². The first-order valence-corrected chi connectivity index (χ1v) is 6.21. The summed E-state index contributed by atoms with van der Waals surface area (Å²) < 4.78 is 1.19. The van der Waals surface area contributed by atoms with Gasteiger partial charge in [0.2, 0.25) is 5.15 Å². The van der Waals surface area contributed by atoms with Gasteiger partial charge in [-0.3, -0.25) is 10.1 Å². The van der Waals surface area contributed by atoms with Crippen LogP contribution in [-0.4, -0.2) is 24.9 Å². The molecule has 0 aliphatic heterocycles. The minimum atomic E-state index is -0.541. The van der Waals surface area contributed by atoms with Crippen molar-refractivity contribution in [3.63, 3.8) is 0 Å². The predicted molar refractivity (Wildman–Crippen MR) is 69.8 cm³/mol. The van der Waals surface area contributed by atoms with Gasteiger partial charge in [0.05, 0.1) is 4.92 Å². The van der Waals surface area contributed by atoms with Gasteiger partial charge in [-0.2, -0.15) is 9.78 Å². The van der Waals surface area contributed by atoms with Crippen LogP contribution in [0.25, 0.3) is 5.82 Å². The van der Waals surface area contributed by atoms with Crippen LogP contribution in [0.5, 0.6) is 0 Å². The fraction of sp³-hybridized carbons (Fsp3) is 0.300. The van der Waals surface area contributed by atoms with E-state index in [1.54, 1.807) is 0 Å². The van der Waals surface area contributed by atoms with E-state index in [-0.39, 0.29) is 21.8 Å². The summed E-state index contributed by atoms with van der Waals surface area (Å²) in [5.74, 6) is 0.278. The first kappa shape index (κ1) is 13.7. The van der Waals surface area contributed by atoms with Crippen LogP contribution in [0, 0.1) is 10.1 Å². The second-order valence-corrected chi connectivity index (χ2v) is 4.46. The van der Waals surface area contributed by atoms with Gasteiger partial charge in [-0.25, -0.2) is 0 Å². The molecule has 0 spiro atoms. The van der Waals surface area contributed by atoms with Crippen molar-refractivity contribution in [2.75, 3.05) is 0 Å². The normalized spacial score (nSPS) is 10.7. The van der Waals surface area contributed by atoms with E-state index in [4.69, 9.17) is 23.2 Å². The SMILES string of the molecule is CCCc1nn(-c2ccc(Cl)nn2)c(Cl)c1[N+](=O)[O-]. The Morgan fingerprint density at radius 1 is 1.37 bits per heavy atom. The van der Waals surface area contributed by atoms with E-state index in [0.29, 0.717) is 12.1 Å². The number of halogens is 2. The fourth-order valence-electron chi connectivity index (χ4n) is 1.59. The van der Waals surface area contributed by atoms with Crippen molar-refractivity contribution in [1.82, 2.24) is 20.0 Å². The molecule has 0 aromatic carbocycles. The summed E-state index contributed by atoms with van der Waals surface area (Å²) >= 11 is 11.6. The van der Waals surface area contributed by atoms with E-state index in [9.17, 15) is 10.1 Å². The molecule has 2 aromatic heterocycles. The van der Waals surface area contributed by atoms with E-state index >= 15 is 0 Å². The summed E-state index contributed by atoms with van der Waals surface area (Å²) in [7, 11) is 0. The van der Waals surface area contributed by atoms with Crippen molar-refractivity contribution < 1.29 is 4.92 Å². The number of nitrogens with zero attached hydrogens (tertiary/aromatic N) is 5. The molecule has 0 amide bonds. The molecule has 0 aliphatic rings. The van der Waals surface area contributed by atoms with Crippen LogP contribution in [0.3, 0.4) is 0 Å². The number of nitro groups is 1. The third-order valence-electron chi connectivity index (χ3n) is 2.38. The molecule has 9 heteroatoms. The molecule has 0 atom stereocenters. The lowest BCUT2D eigenvalue weighted by atomic mass is 10.2. The van der Waals surface area contributed by atoms with Gasteiger partial charge in [0.1, 0.15) is 5.69 Å². The highest BCUT2D eigenvalue weighted by Gasteiger charge is 2.27. The van der Waals surface area contributed by atoms with Crippen molar-refractivity contribution >= 4 is 28.9 Å². The molecule has 0 saturated heterocycles. The number of aromatic nitrogens is 4. The van der Waals surface area contributed by atoms with Gasteiger partial charge >= 0.3 is 5.69 Å². The highest BCUT2D eigenvalue weighted by Crippen LogP contribution is 2.30. The van der Waals surface area contributed by atoms with E-state index in [0.717, 1.165) is 6.42 Å². The Kier molecular flexibility index (Phi) is 3.96. The number of aryl methyl sites for hydroxylation is 1. The summed E-state index contributed by atoms with van der Waals surface area (Å²) in [4.78, 5) is 10.5. The van der Waals surface area contributed by atoms with Crippen molar-refractivity contribution in [1.29, 1.82) is 0 Å². The molecule has 0 N–H and O–H groups in total. The van der Waals surface area contributed by atoms with Crippen LogP contribution in [0.2, 0.25) is 10.3 Å². The molecule has 7 nitrogen and oxygen atoms in total. The average molecular weight is 302 g/mol. The molecular formula is C10H9Cl2N5O2. The molecule has 0 aliphatic carbocycles. The lowest BCUT2D eigenvalue weighted by Crippen LogP contribution is -2.01. The van der Waals surface area contributed by atoms with Crippen LogP contribution in [0.15, 0.2) is 12.1 Å². The monoisotopic (exact) mass is 301 g/mol. The maximum absolute atomic E-state index is 11.0. The van der Waals surface area contributed by atoms with Crippen LogP contribution in [-0.2, 0) is 6.42 Å². The Hall–Kier alpha value is -1.73. The van der Waals surface area contributed by atoms with Crippen LogP contribution in [0.1, 0.15) is 19.0 Å². The largest absolute Gasteiger partial charge is 0.329 e. The Morgan fingerprint density at radius 2 is 2.11 bits per heavy atom. The molecule has 0 bridgehead atoms. The summed E-state index contributed by atoms with van der Waals surface area (Å²) in [6.45, 7) is 1.90. The molecule has 100 valence electrons. The van der Waals surface area contributed by atoms with Gasteiger partial charge in [-0.1, -0.05) is 36.5 Å². The van der Waals surface area contributed by atoms with Crippen LogP contribution in [0.4, 0.5) is 5.69 Å².